The Kier molecular flexibility index (Phi) is 11.0. The lowest BCUT2D eigenvalue weighted by molar-refractivity contribution is -0.00818. The lowest BCUT2D eigenvalue weighted by atomic mass is 9.71. The molecule has 0 aromatic carbocycles. The summed E-state index contributed by atoms with van der Waals surface area (Å²) in [5.74, 6) is 3.60. The van der Waals surface area contributed by atoms with E-state index < -0.39 is 9.84 Å². The molecular formula is C42H72N2O2S. The van der Waals surface area contributed by atoms with Crippen molar-refractivity contribution in [2.45, 2.75) is 239 Å². The number of hydrogen-bond donors (Lipinski definition) is 0. The summed E-state index contributed by atoms with van der Waals surface area (Å²) >= 11 is 0. The molecule has 5 atom stereocenters. The molecule has 0 spiro atoms. The monoisotopic (exact) mass is 669 g/mol. The summed E-state index contributed by atoms with van der Waals surface area (Å²) in [5.41, 5.74) is 0. The summed E-state index contributed by atoms with van der Waals surface area (Å²) in [5, 5.41) is -0.0379. The number of rotatable bonds is 7. The lowest BCUT2D eigenvalue weighted by Crippen LogP contribution is -2.55. The van der Waals surface area contributed by atoms with Gasteiger partial charge in [0.1, 0.15) is 0 Å². The van der Waals surface area contributed by atoms with E-state index in [1.165, 1.54) is 154 Å². The van der Waals surface area contributed by atoms with Crippen LogP contribution < -0.4 is 0 Å². The lowest BCUT2D eigenvalue weighted by Gasteiger charge is -2.50. The highest BCUT2D eigenvalue weighted by Gasteiger charge is 2.54. The zero-order valence-corrected chi connectivity index (χ0v) is 31.1. The van der Waals surface area contributed by atoms with Crippen molar-refractivity contribution in [3.63, 3.8) is 0 Å². The first-order chi connectivity index (χ1) is 23.1. The first kappa shape index (κ1) is 34.0. The van der Waals surface area contributed by atoms with Gasteiger partial charge in [0.25, 0.3) is 0 Å². The fourth-order valence-electron chi connectivity index (χ4n) is 14.1. The first-order valence-corrected chi connectivity index (χ1v) is 23.5. The van der Waals surface area contributed by atoms with Gasteiger partial charge in [-0.25, -0.2) is 8.42 Å². The van der Waals surface area contributed by atoms with Crippen LogP contribution in [0.2, 0.25) is 0 Å². The zero-order chi connectivity index (χ0) is 31.8. The summed E-state index contributed by atoms with van der Waals surface area (Å²) in [6, 6.07) is 5.26. The van der Waals surface area contributed by atoms with Crippen molar-refractivity contribution in [2.75, 3.05) is 0 Å². The van der Waals surface area contributed by atoms with Crippen LogP contribution in [-0.4, -0.2) is 65.0 Å². The highest BCUT2D eigenvalue weighted by molar-refractivity contribution is 7.92. The SMILES string of the molecule is O=S(=O)(C1CCCCC1)C1CCC(C2CCC(N3C4CCCCC4C4CC(N(C5CCCCC5)C5CCCCC5)CCC43)CC2)CC1. The molecule has 5 heteroatoms. The van der Waals surface area contributed by atoms with Crippen LogP contribution in [0.25, 0.3) is 0 Å². The van der Waals surface area contributed by atoms with E-state index >= 15 is 0 Å². The number of hydrogen-bond acceptors (Lipinski definition) is 4. The molecule has 0 radical (unpaired) electrons. The third-order valence-electron chi connectivity index (χ3n) is 16.4. The Labute approximate surface area is 290 Å². The number of likely N-dealkylation sites (tertiary alicyclic amines) is 1. The summed E-state index contributed by atoms with van der Waals surface area (Å²) in [7, 11) is -2.91. The van der Waals surface area contributed by atoms with E-state index in [1.807, 2.05) is 0 Å². The van der Waals surface area contributed by atoms with E-state index in [-0.39, 0.29) is 10.5 Å². The largest absolute Gasteiger partial charge is 0.294 e. The Morgan fingerprint density at radius 3 is 1.51 bits per heavy atom. The van der Waals surface area contributed by atoms with E-state index in [0.717, 1.165) is 98.4 Å². The fourth-order valence-corrected chi connectivity index (χ4v) is 16.6. The number of fused-ring (bicyclic) bond motifs is 3. The summed E-state index contributed by atoms with van der Waals surface area (Å²) in [6.07, 6.45) is 40.6. The number of sulfone groups is 1. The van der Waals surface area contributed by atoms with Gasteiger partial charge in [-0.3, -0.25) is 9.80 Å². The average Bonchev–Trinajstić information content (AvgIpc) is 3.47. The van der Waals surface area contributed by atoms with Crippen LogP contribution >= 0.6 is 0 Å². The molecule has 7 aliphatic carbocycles. The molecule has 8 rings (SSSR count). The van der Waals surface area contributed by atoms with Gasteiger partial charge in [-0.2, -0.15) is 0 Å². The van der Waals surface area contributed by atoms with Gasteiger partial charge in [0.2, 0.25) is 0 Å². The predicted octanol–water partition coefficient (Wildman–Crippen LogP) is 10.2. The van der Waals surface area contributed by atoms with Crippen molar-refractivity contribution >= 4 is 9.84 Å². The van der Waals surface area contributed by atoms with Crippen LogP contribution in [0, 0.1) is 23.7 Å². The van der Waals surface area contributed by atoms with Gasteiger partial charge in [0.05, 0.1) is 10.5 Å². The second-order valence-corrected chi connectivity index (χ2v) is 21.2. The van der Waals surface area contributed by atoms with E-state index in [2.05, 4.69) is 9.80 Å². The van der Waals surface area contributed by atoms with Gasteiger partial charge in [0, 0.05) is 36.3 Å². The Morgan fingerprint density at radius 1 is 0.404 bits per heavy atom. The van der Waals surface area contributed by atoms with Crippen LogP contribution in [0.1, 0.15) is 193 Å². The average molecular weight is 669 g/mol. The molecule has 0 aromatic heterocycles. The molecule has 1 heterocycles. The third kappa shape index (κ3) is 7.05. The van der Waals surface area contributed by atoms with Crippen LogP contribution in [0.3, 0.4) is 0 Å². The highest BCUT2D eigenvalue weighted by atomic mass is 32.2. The predicted molar refractivity (Wildman–Crippen MR) is 195 cm³/mol. The molecule has 4 nitrogen and oxygen atoms in total. The standard InChI is InChI=1S/C42H72N2O2S/c45-47(46,37-16-8-3-9-17-37)38-27-22-32(23-28-38)31-20-24-35(25-21-31)44-41-19-11-10-18-39(41)40-30-36(26-29-42(40)44)43(33-12-4-1-5-13-33)34-14-6-2-7-15-34/h31-42H,1-30H2. The van der Waals surface area contributed by atoms with Gasteiger partial charge < -0.3 is 0 Å². The summed E-state index contributed by atoms with van der Waals surface area (Å²) < 4.78 is 26.9. The normalized spacial score (nSPS) is 42.3. The Morgan fingerprint density at radius 2 is 0.894 bits per heavy atom. The van der Waals surface area contributed by atoms with Crippen molar-refractivity contribution < 1.29 is 8.42 Å². The molecule has 8 aliphatic rings. The fraction of sp³-hybridized carbons (Fsp3) is 1.00. The number of nitrogens with zero attached hydrogens (tertiary/aromatic N) is 2. The smallest absolute Gasteiger partial charge is 0.156 e. The minimum absolute atomic E-state index is 0.0150. The van der Waals surface area contributed by atoms with Crippen molar-refractivity contribution in [3.05, 3.63) is 0 Å². The molecule has 8 fully saturated rings. The highest BCUT2D eigenvalue weighted by Crippen LogP contribution is 2.53. The van der Waals surface area contributed by atoms with Gasteiger partial charge in [-0.05, 0) is 146 Å². The molecule has 268 valence electrons. The minimum atomic E-state index is -2.91. The van der Waals surface area contributed by atoms with Gasteiger partial charge in [-0.15, -0.1) is 0 Å². The van der Waals surface area contributed by atoms with Crippen molar-refractivity contribution in [1.29, 1.82) is 0 Å². The van der Waals surface area contributed by atoms with Crippen LogP contribution in [0.15, 0.2) is 0 Å². The Hall–Kier alpha value is -0.130. The van der Waals surface area contributed by atoms with E-state index in [1.54, 1.807) is 0 Å². The van der Waals surface area contributed by atoms with Crippen molar-refractivity contribution in [1.82, 2.24) is 9.80 Å². The van der Waals surface area contributed by atoms with E-state index in [9.17, 15) is 8.42 Å². The molecule has 0 N–H and O–H groups in total. The van der Waals surface area contributed by atoms with Gasteiger partial charge in [-0.1, -0.05) is 70.6 Å². The summed E-state index contributed by atoms with van der Waals surface area (Å²) in [6.45, 7) is 0. The molecule has 7 saturated carbocycles. The molecule has 0 amide bonds. The molecule has 47 heavy (non-hydrogen) atoms. The van der Waals surface area contributed by atoms with Crippen LogP contribution in [0.4, 0.5) is 0 Å². The van der Waals surface area contributed by atoms with Crippen LogP contribution in [-0.2, 0) is 9.84 Å². The quantitative estimate of drug-likeness (QED) is 0.271. The Balaban J connectivity index is 0.893. The first-order valence-electron chi connectivity index (χ1n) is 21.9. The molecule has 1 aliphatic heterocycles. The summed E-state index contributed by atoms with van der Waals surface area (Å²) in [4.78, 5) is 6.47. The topological polar surface area (TPSA) is 40.6 Å². The zero-order valence-electron chi connectivity index (χ0n) is 30.3. The second-order valence-electron chi connectivity index (χ2n) is 18.6. The second kappa shape index (κ2) is 15.2. The van der Waals surface area contributed by atoms with Gasteiger partial charge >= 0.3 is 0 Å². The van der Waals surface area contributed by atoms with Crippen molar-refractivity contribution in [2.24, 2.45) is 23.7 Å². The molecule has 1 saturated heterocycles. The molecule has 5 unspecified atom stereocenters. The van der Waals surface area contributed by atoms with E-state index in [4.69, 9.17) is 0 Å². The van der Waals surface area contributed by atoms with Crippen molar-refractivity contribution in [3.8, 4) is 0 Å². The minimum Gasteiger partial charge on any atom is -0.294 e. The van der Waals surface area contributed by atoms with Crippen LogP contribution in [0.5, 0.6) is 0 Å². The maximum Gasteiger partial charge on any atom is 0.156 e. The van der Waals surface area contributed by atoms with Gasteiger partial charge in [0.15, 0.2) is 9.84 Å². The molecule has 0 bridgehead atoms. The third-order valence-corrected chi connectivity index (χ3v) is 19.2. The maximum atomic E-state index is 13.5. The molecule has 0 aromatic rings. The van der Waals surface area contributed by atoms with E-state index in [0.29, 0.717) is 0 Å². The maximum absolute atomic E-state index is 13.5. The Bertz CT molecular complexity index is 1070. The molecular weight excluding hydrogens is 597 g/mol.